The molecule has 0 saturated carbocycles. The molecule has 5 heteroatoms. The van der Waals surface area contributed by atoms with Crippen molar-refractivity contribution < 1.29 is 4.74 Å². The third-order valence-electron chi connectivity index (χ3n) is 3.70. The highest BCUT2D eigenvalue weighted by Crippen LogP contribution is 2.22. The third-order valence-corrected chi connectivity index (χ3v) is 4.56. The fraction of sp³-hybridized carbons (Fsp3) is 0.278. The van der Waals surface area contributed by atoms with Crippen LogP contribution in [0.5, 0.6) is 5.75 Å². The van der Waals surface area contributed by atoms with E-state index in [-0.39, 0.29) is 0 Å². The summed E-state index contributed by atoms with van der Waals surface area (Å²) in [6.07, 6.45) is 1.99. The van der Waals surface area contributed by atoms with Crippen molar-refractivity contribution in [2.24, 2.45) is 7.05 Å². The molecule has 0 aliphatic heterocycles. The first kappa shape index (κ1) is 15.8. The number of methoxy groups -OCH3 is 1. The van der Waals surface area contributed by atoms with Crippen LogP contribution >= 0.6 is 11.3 Å². The van der Waals surface area contributed by atoms with E-state index >= 15 is 0 Å². The molecule has 0 fully saturated rings. The molecule has 0 radical (unpaired) electrons. The largest absolute Gasteiger partial charge is 0.496 e. The van der Waals surface area contributed by atoms with Crippen LogP contribution in [0.4, 0.5) is 0 Å². The van der Waals surface area contributed by atoms with Gasteiger partial charge in [0.25, 0.3) is 0 Å². The van der Waals surface area contributed by atoms with Crippen LogP contribution < -0.4 is 4.74 Å². The maximum absolute atomic E-state index is 5.49. The van der Waals surface area contributed by atoms with Gasteiger partial charge >= 0.3 is 0 Å². The summed E-state index contributed by atoms with van der Waals surface area (Å²) in [7, 11) is 3.68. The summed E-state index contributed by atoms with van der Waals surface area (Å²) >= 11 is 1.79. The first-order valence-corrected chi connectivity index (χ1v) is 8.47. The number of thiophene rings is 1. The zero-order valence-corrected chi connectivity index (χ0v) is 14.3. The molecule has 2 aromatic heterocycles. The predicted octanol–water partition coefficient (Wildman–Crippen LogP) is 3.69. The summed E-state index contributed by atoms with van der Waals surface area (Å²) in [6, 6.07) is 14.6. The van der Waals surface area contributed by atoms with Gasteiger partial charge in [0.05, 0.1) is 12.8 Å². The molecule has 3 rings (SSSR count). The Kier molecular flexibility index (Phi) is 5.10. The highest BCUT2D eigenvalue weighted by atomic mass is 32.1. The van der Waals surface area contributed by atoms with Crippen molar-refractivity contribution in [3.8, 4) is 5.75 Å². The SMILES string of the molecule is COc1ccccc1CN(Cc1ccn(C)n1)Cc1cccs1. The average Bonchev–Trinajstić information content (AvgIpc) is 3.20. The molecular formula is C18H21N3OS. The maximum atomic E-state index is 5.49. The van der Waals surface area contributed by atoms with Gasteiger partial charge < -0.3 is 4.74 Å². The standard InChI is InChI=1S/C18H21N3OS/c1-20-10-9-16(19-20)13-21(14-17-7-5-11-23-17)12-15-6-3-4-8-18(15)22-2/h3-11H,12-14H2,1-2H3. The number of aryl methyl sites for hydroxylation is 1. The second kappa shape index (κ2) is 7.44. The van der Waals surface area contributed by atoms with E-state index < -0.39 is 0 Å². The Morgan fingerprint density at radius 3 is 2.65 bits per heavy atom. The van der Waals surface area contributed by atoms with Gasteiger partial charge in [-0.3, -0.25) is 9.58 Å². The van der Waals surface area contributed by atoms with Crippen molar-refractivity contribution in [3.05, 3.63) is 70.2 Å². The van der Waals surface area contributed by atoms with Gasteiger partial charge in [-0.1, -0.05) is 24.3 Å². The Balaban J connectivity index is 1.79. The molecule has 1 aromatic carbocycles. The van der Waals surface area contributed by atoms with Gasteiger partial charge in [-0.2, -0.15) is 5.10 Å². The van der Waals surface area contributed by atoms with Crippen molar-refractivity contribution >= 4 is 11.3 Å². The molecule has 0 bridgehead atoms. The van der Waals surface area contributed by atoms with Crippen LogP contribution in [-0.2, 0) is 26.7 Å². The van der Waals surface area contributed by atoms with Gasteiger partial charge in [-0.25, -0.2) is 0 Å². The van der Waals surface area contributed by atoms with Crippen LogP contribution in [0.1, 0.15) is 16.1 Å². The van der Waals surface area contributed by atoms with E-state index in [1.54, 1.807) is 18.4 Å². The number of hydrogen-bond donors (Lipinski definition) is 0. The lowest BCUT2D eigenvalue weighted by Gasteiger charge is -2.22. The van der Waals surface area contributed by atoms with Crippen molar-refractivity contribution in [2.75, 3.05) is 7.11 Å². The summed E-state index contributed by atoms with van der Waals surface area (Å²) in [5.74, 6) is 0.935. The van der Waals surface area contributed by atoms with Gasteiger partial charge in [0.2, 0.25) is 0 Å². The number of rotatable bonds is 7. The second-order valence-corrected chi connectivity index (χ2v) is 6.55. The average molecular weight is 327 g/mol. The summed E-state index contributed by atoms with van der Waals surface area (Å²) < 4.78 is 7.34. The summed E-state index contributed by atoms with van der Waals surface area (Å²) in [4.78, 5) is 3.75. The molecule has 3 aromatic rings. The van der Waals surface area contributed by atoms with Gasteiger partial charge in [-0.15, -0.1) is 11.3 Å². The number of ether oxygens (including phenoxy) is 1. The quantitative estimate of drug-likeness (QED) is 0.663. The summed E-state index contributed by atoms with van der Waals surface area (Å²) in [5, 5.41) is 6.63. The lowest BCUT2D eigenvalue weighted by atomic mass is 10.2. The molecule has 23 heavy (non-hydrogen) atoms. The number of para-hydroxylation sites is 1. The van der Waals surface area contributed by atoms with Crippen LogP contribution in [0.2, 0.25) is 0 Å². The number of benzene rings is 1. The smallest absolute Gasteiger partial charge is 0.123 e. The van der Waals surface area contributed by atoms with E-state index in [1.807, 2.05) is 30.1 Å². The number of hydrogen-bond acceptors (Lipinski definition) is 4. The second-order valence-electron chi connectivity index (χ2n) is 5.52. The summed E-state index contributed by atoms with van der Waals surface area (Å²) in [5.41, 5.74) is 2.28. The highest BCUT2D eigenvalue weighted by Gasteiger charge is 2.13. The van der Waals surface area contributed by atoms with E-state index in [0.29, 0.717) is 0 Å². The van der Waals surface area contributed by atoms with Gasteiger partial charge in [0.15, 0.2) is 0 Å². The van der Waals surface area contributed by atoms with E-state index in [4.69, 9.17) is 4.74 Å². The Morgan fingerprint density at radius 2 is 1.96 bits per heavy atom. The van der Waals surface area contributed by atoms with Crippen molar-refractivity contribution in [1.29, 1.82) is 0 Å². The Hall–Kier alpha value is -2.11. The minimum Gasteiger partial charge on any atom is -0.496 e. The lowest BCUT2D eigenvalue weighted by molar-refractivity contribution is 0.242. The third kappa shape index (κ3) is 4.21. The molecule has 0 atom stereocenters. The van der Waals surface area contributed by atoms with E-state index in [1.165, 1.54) is 10.4 Å². The van der Waals surface area contributed by atoms with Crippen molar-refractivity contribution in [1.82, 2.24) is 14.7 Å². The molecule has 0 N–H and O–H groups in total. The van der Waals surface area contributed by atoms with Crippen LogP contribution in [0.15, 0.2) is 54.0 Å². The summed E-state index contributed by atoms with van der Waals surface area (Å²) in [6.45, 7) is 2.56. The monoisotopic (exact) mass is 327 g/mol. The van der Waals surface area contributed by atoms with E-state index in [9.17, 15) is 0 Å². The zero-order chi connectivity index (χ0) is 16.1. The molecule has 2 heterocycles. The Bertz CT molecular complexity index is 736. The highest BCUT2D eigenvalue weighted by molar-refractivity contribution is 7.09. The van der Waals surface area contributed by atoms with Gasteiger partial charge in [0, 0.05) is 43.3 Å². The Morgan fingerprint density at radius 1 is 1.09 bits per heavy atom. The molecule has 4 nitrogen and oxygen atoms in total. The molecule has 0 amide bonds. The first-order valence-electron chi connectivity index (χ1n) is 7.60. The van der Waals surface area contributed by atoms with Crippen molar-refractivity contribution in [2.45, 2.75) is 19.6 Å². The van der Waals surface area contributed by atoms with Crippen LogP contribution in [0, 0.1) is 0 Å². The first-order chi connectivity index (χ1) is 11.2. The van der Waals surface area contributed by atoms with E-state index in [0.717, 1.165) is 31.1 Å². The molecule has 0 spiro atoms. The molecule has 0 aliphatic rings. The maximum Gasteiger partial charge on any atom is 0.123 e. The molecule has 0 saturated heterocycles. The lowest BCUT2D eigenvalue weighted by Crippen LogP contribution is -2.22. The van der Waals surface area contributed by atoms with Gasteiger partial charge in [-0.05, 0) is 23.6 Å². The topological polar surface area (TPSA) is 30.3 Å². The molecule has 0 unspecified atom stereocenters. The Labute approximate surface area is 140 Å². The number of aromatic nitrogens is 2. The van der Waals surface area contributed by atoms with Gasteiger partial charge in [0.1, 0.15) is 5.75 Å². The molecule has 0 aliphatic carbocycles. The predicted molar refractivity (Wildman–Crippen MR) is 93.5 cm³/mol. The minimum atomic E-state index is 0.816. The fourth-order valence-corrected chi connectivity index (χ4v) is 3.39. The molecular weight excluding hydrogens is 306 g/mol. The van der Waals surface area contributed by atoms with Crippen molar-refractivity contribution in [3.63, 3.8) is 0 Å². The fourth-order valence-electron chi connectivity index (χ4n) is 2.64. The van der Waals surface area contributed by atoms with E-state index in [2.05, 4.69) is 45.7 Å². The van der Waals surface area contributed by atoms with Crippen LogP contribution in [0.25, 0.3) is 0 Å². The number of nitrogens with zero attached hydrogens (tertiary/aromatic N) is 3. The van der Waals surface area contributed by atoms with Crippen LogP contribution in [0.3, 0.4) is 0 Å². The van der Waals surface area contributed by atoms with Crippen LogP contribution in [-0.4, -0.2) is 21.8 Å². The molecule has 120 valence electrons. The zero-order valence-electron chi connectivity index (χ0n) is 13.5. The minimum absolute atomic E-state index is 0.816. The normalized spacial score (nSPS) is 11.1.